The van der Waals surface area contributed by atoms with Crippen LogP contribution in [0.5, 0.6) is 5.75 Å². The van der Waals surface area contributed by atoms with Crippen LogP contribution < -0.4 is 15.8 Å². The van der Waals surface area contributed by atoms with Gasteiger partial charge in [-0.05, 0) is 11.5 Å². The molecule has 0 heterocycles. The predicted molar refractivity (Wildman–Crippen MR) is 94.2 cm³/mol. The molecule has 0 fully saturated rings. The van der Waals surface area contributed by atoms with Crippen molar-refractivity contribution in [3.63, 3.8) is 0 Å². The van der Waals surface area contributed by atoms with Gasteiger partial charge in [0.05, 0.1) is 19.1 Å². The molecule has 1 atom stereocenters. The zero-order chi connectivity index (χ0) is 15.8. The van der Waals surface area contributed by atoms with Gasteiger partial charge in [0.2, 0.25) is 5.91 Å². The van der Waals surface area contributed by atoms with Gasteiger partial charge in [0.1, 0.15) is 12.4 Å². The highest BCUT2D eigenvalue weighted by Gasteiger charge is 2.10. The Morgan fingerprint density at radius 2 is 1.96 bits per heavy atom. The quantitative estimate of drug-likeness (QED) is 0.723. The van der Waals surface area contributed by atoms with Crippen LogP contribution in [0.3, 0.4) is 0 Å². The van der Waals surface area contributed by atoms with Crippen LogP contribution in [0.25, 0.3) is 10.8 Å². The SMILES string of the molecule is COC(CN)CC(=O)NCCOc1cccc2ccccc12.Cl. The Morgan fingerprint density at radius 1 is 1.22 bits per heavy atom. The highest BCUT2D eigenvalue weighted by Crippen LogP contribution is 2.24. The van der Waals surface area contributed by atoms with E-state index in [-0.39, 0.29) is 30.8 Å². The lowest BCUT2D eigenvalue weighted by molar-refractivity contribution is -0.123. The van der Waals surface area contributed by atoms with Crippen molar-refractivity contribution in [1.82, 2.24) is 5.32 Å². The van der Waals surface area contributed by atoms with Crippen molar-refractivity contribution < 1.29 is 14.3 Å². The average Bonchev–Trinajstić information content (AvgIpc) is 2.56. The van der Waals surface area contributed by atoms with Crippen LogP contribution in [-0.2, 0) is 9.53 Å². The number of nitrogens with one attached hydrogen (secondary N) is 1. The zero-order valence-corrected chi connectivity index (χ0v) is 14.0. The first-order valence-corrected chi connectivity index (χ1v) is 7.34. The Labute approximate surface area is 142 Å². The maximum Gasteiger partial charge on any atom is 0.222 e. The number of ether oxygens (including phenoxy) is 2. The number of rotatable bonds is 8. The van der Waals surface area contributed by atoms with Gasteiger partial charge < -0.3 is 20.5 Å². The van der Waals surface area contributed by atoms with Crippen LogP contribution in [0.4, 0.5) is 0 Å². The van der Waals surface area contributed by atoms with E-state index in [1.54, 1.807) is 7.11 Å². The highest BCUT2D eigenvalue weighted by atomic mass is 35.5. The molecule has 0 spiro atoms. The lowest BCUT2D eigenvalue weighted by Gasteiger charge is -2.13. The molecule has 1 amide bonds. The van der Waals surface area contributed by atoms with E-state index in [9.17, 15) is 4.79 Å². The molecule has 2 aromatic rings. The molecular formula is C17H23ClN2O3. The van der Waals surface area contributed by atoms with Crippen LogP contribution in [-0.4, -0.2) is 38.8 Å². The molecular weight excluding hydrogens is 316 g/mol. The maximum atomic E-state index is 11.7. The van der Waals surface area contributed by atoms with Crippen LogP contribution in [0.15, 0.2) is 42.5 Å². The third-order valence-corrected chi connectivity index (χ3v) is 3.44. The standard InChI is InChI=1S/C17H22N2O3.ClH/c1-21-14(12-18)11-17(20)19-9-10-22-16-8-4-6-13-5-2-3-7-15(13)16;/h2-8,14H,9-12,18H2,1H3,(H,19,20);1H. The third kappa shape index (κ3) is 5.71. The topological polar surface area (TPSA) is 73.6 Å². The fraction of sp³-hybridized carbons (Fsp3) is 0.353. The van der Waals surface area contributed by atoms with Gasteiger partial charge in [-0.1, -0.05) is 36.4 Å². The second kappa shape index (κ2) is 10.0. The Bertz CT molecular complexity index is 612. The Morgan fingerprint density at radius 3 is 2.70 bits per heavy atom. The summed E-state index contributed by atoms with van der Waals surface area (Å²) in [5.41, 5.74) is 5.49. The molecule has 2 rings (SSSR count). The summed E-state index contributed by atoms with van der Waals surface area (Å²) in [6.45, 7) is 1.19. The molecule has 6 heteroatoms. The van der Waals surface area contributed by atoms with E-state index in [2.05, 4.69) is 5.32 Å². The lowest BCUT2D eigenvalue weighted by atomic mass is 10.1. The summed E-state index contributed by atoms with van der Waals surface area (Å²) in [7, 11) is 1.55. The molecule has 0 bridgehead atoms. The number of carbonyl (C=O) groups excluding carboxylic acids is 1. The largest absolute Gasteiger partial charge is 0.491 e. The molecule has 126 valence electrons. The minimum atomic E-state index is -0.237. The van der Waals surface area contributed by atoms with E-state index >= 15 is 0 Å². The minimum absolute atomic E-state index is 0. The smallest absolute Gasteiger partial charge is 0.222 e. The van der Waals surface area contributed by atoms with Gasteiger partial charge >= 0.3 is 0 Å². The summed E-state index contributed by atoms with van der Waals surface area (Å²) in [5.74, 6) is 0.739. The highest BCUT2D eigenvalue weighted by molar-refractivity contribution is 5.88. The second-order valence-corrected chi connectivity index (χ2v) is 4.97. The van der Waals surface area contributed by atoms with Crippen LogP contribution >= 0.6 is 12.4 Å². The summed E-state index contributed by atoms with van der Waals surface area (Å²) in [6, 6.07) is 14.0. The van der Waals surface area contributed by atoms with Gasteiger partial charge in [0.15, 0.2) is 0 Å². The number of halogens is 1. The summed E-state index contributed by atoms with van der Waals surface area (Å²) < 4.78 is 10.8. The maximum absolute atomic E-state index is 11.7. The molecule has 2 aromatic carbocycles. The van der Waals surface area contributed by atoms with Crippen molar-refractivity contribution in [2.24, 2.45) is 5.73 Å². The molecule has 0 aliphatic heterocycles. The fourth-order valence-electron chi connectivity index (χ4n) is 2.21. The summed E-state index contributed by atoms with van der Waals surface area (Å²) in [5, 5.41) is 5.00. The number of fused-ring (bicyclic) bond motifs is 1. The van der Waals surface area contributed by atoms with Gasteiger partial charge in [-0.2, -0.15) is 0 Å². The molecule has 1 unspecified atom stereocenters. The molecule has 0 saturated carbocycles. The van der Waals surface area contributed by atoms with E-state index in [0.29, 0.717) is 19.7 Å². The first-order valence-electron chi connectivity index (χ1n) is 7.34. The van der Waals surface area contributed by atoms with Gasteiger partial charge in [-0.3, -0.25) is 4.79 Å². The monoisotopic (exact) mass is 338 g/mol. The molecule has 0 aromatic heterocycles. The number of carbonyl (C=O) groups is 1. The lowest BCUT2D eigenvalue weighted by Crippen LogP contribution is -2.34. The number of amides is 1. The summed E-state index contributed by atoms with van der Waals surface area (Å²) >= 11 is 0. The van der Waals surface area contributed by atoms with Gasteiger partial charge in [-0.15, -0.1) is 12.4 Å². The number of hydrogen-bond acceptors (Lipinski definition) is 4. The van der Waals surface area contributed by atoms with Gasteiger partial charge in [0, 0.05) is 19.0 Å². The van der Waals surface area contributed by atoms with E-state index in [1.807, 2.05) is 42.5 Å². The zero-order valence-electron chi connectivity index (χ0n) is 13.2. The third-order valence-electron chi connectivity index (χ3n) is 3.44. The Kier molecular flexibility index (Phi) is 8.40. The summed E-state index contributed by atoms with van der Waals surface area (Å²) in [6.07, 6.45) is 0.0281. The van der Waals surface area contributed by atoms with Crippen molar-refractivity contribution >= 4 is 29.1 Å². The predicted octanol–water partition coefficient (Wildman–Crippen LogP) is 2.12. The number of hydrogen-bond donors (Lipinski definition) is 2. The number of methoxy groups -OCH3 is 1. The summed E-state index contributed by atoms with van der Waals surface area (Å²) in [4.78, 5) is 11.7. The molecule has 0 saturated heterocycles. The molecule has 0 aliphatic carbocycles. The molecule has 3 N–H and O–H groups in total. The van der Waals surface area contributed by atoms with E-state index in [1.165, 1.54) is 0 Å². The normalized spacial score (nSPS) is 11.6. The molecule has 23 heavy (non-hydrogen) atoms. The number of nitrogens with two attached hydrogens (primary N) is 1. The first-order chi connectivity index (χ1) is 10.7. The van der Waals surface area contributed by atoms with Gasteiger partial charge in [0.25, 0.3) is 0 Å². The second-order valence-electron chi connectivity index (χ2n) is 4.97. The van der Waals surface area contributed by atoms with Crippen molar-refractivity contribution in [3.8, 4) is 5.75 Å². The molecule has 0 radical (unpaired) electrons. The molecule has 5 nitrogen and oxygen atoms in total. The number of benzene rings is 2. The van der Waals surface area contributed by atoms with Crippen LogP contribution in [0, 0.1) is 0 Å². The Hall–Kier alpha value is -1.82. The first kappa shape index (κ1) is 19.2. The van der Waals surface area contributed by atoms with Crippen LogP contribution in [0.1, 0.15) is 6.42 Å². The minimum Gasteiger partial charge on any atom is -0.491 e. The Balaban J connectivity index is 0.00000264. The molecule has 0 aliphatic rings. The van der Waals surface area contributed by atoms with Crippen LogP contribution in [0.2, 0.25) is 0 Å². The van der Waals surface area contributed by atoms with Gasteiger partial charge in [-0.25, -0.2) is 0 Å². The van der Waals surface area contributed by atoms with E-state index in [4.69, 9.17) is 15.2 Å². The fourth-order valence-corrected chi connectivity index (χ4v) is 2.21. The van der Waals surface area contributed by atoms with Crippen molar-refractivity contribution in [1.29, 1.82) is 0 Å². The van der Waals surface area contributed by atoms with Crippen molar-refractivity contribution in [2.45, 2.75) is 12.5 Å². The van der Waals surface area contributed by atoms with E-state index < -0.39 is 0 Å². The van der Waals surface area contributed by atoms with E-state index in [0.717, 1.165) is 16.5 Å². The average molecular weight is 339 g/mol. The van der Waals surface area contributed by atoms with Crippen molar-refractivity contribution in [2.75, 3.05) is 26.8 Å². The van der Waals surface area contributed by atoms with Crippen molar-refractivity contribution in [3.05, 3.63) is 42.5 Å².